The van der Waals surface area contributed by atoms with Gasteiger partial charge in [0.15, 0.2) is 0 Å². The Morgan fingerprint density at radius 2 is 1.87 bits per heavy atom. The number of hydrogen-bond donors (Lipinski definition) is 4. The van der Waals surface area contributed by atoms with Crippen LogP contribution in [-0.2, 0) is 27.8 Å². The van der Waals surface area contributed by atoms with E-state index in [9.17, 15) is 26.8 Å². The van der Waals surface area contributed by atoms with E-state index in [1.807, 2.05) is 6.07 Å². The van der Waals surface area contributed by atoms with E-state index in [1.54, 1.807) is 36.5 Å². The highest BCUT2D eigenvalue weighted by atomic mass is 32.2. The lowest BCUT2D eigenvalue weighted by atomic mass is 9.93. The molecule has 5 N–H and O–H groups in total. The molecule has 1 aliphatic heterocycles. The number of halogens is 2. The van der Waals surface area contributed by atoms with E-state index in [0.29, 0.717) is 42.8 Å². The molecule has 2 unspecified atom stereocenters. The number of unbranched alkanes of at least 4 members (excludes halogenated alkanes) is 1. The van der Waals surface area contributed by atoms with Crippen molar-refractivity contribution in [2.45, 2.75) is 64.1 Å². The van der Waals surface area contributed by atoms with Crippen molar-refractivity contribution >= 4 is 33.3 Å². The smallest absolute Gasteiger partial charge is 0.319 e. The lowest BCUT2D eigenvalue weighted by Crippen LogP contribution is -2.50. The number of rotatable bonds is 13. The summed E-state index contributed by atoms with van der Waals surface area (Å²) in [7, 11) is -3.37. The summed E-state index contributed by atoms with van der Waals surface area (Å²) in [6.45, 7) is 3.51. The highest BCUT2D eigenvalue weighted by molar-refractivity contribution is 7.92. The van der Waals surface area contributed by atoms with Crippen LogP contribution in [0.5, 0.6) is 11.6 Å². The first kappa shape index (κ1) is 33.6. The number of hydrogen-bond acceptors (Lipinski definition) is 7. The summed E-state index contributed by atoms with van der Waals surface area (Å²) in [6, 6.07) is 11.4. The number of nitrogens with zero attached hydrogens (tertiary/aromatic N) is 2. The van der Waals surface area contributed by atoms with Gasteiger partial charge in [-0.2, -0.15) is 0 Å². The Labute approximate surface area is 261 Å². The maximum Gasteiger partial charge on any atom is 0.319 e. The zero-order valence-electron chi connectivity index (χ0n) is 25.2. The van der Waals surface area contributed by atoms with Crippen LogP contribution in [0.15, 0.2) is 54.7 Å². The molecular weight excluding hydrogens is 606 g/mol. The number of sulfonamides is 1. The molecule has 45 heavy (non-hydrogen) atoms. The fraction of sp³-hybridized carbons (Fsp3) is 0.387. The minimum Gasteiger partial charge on any atom is -0.439 e. The summed E-state index contributed by atoms with van der Waals surface area (Å²) >= 11 is 0. The van der Waals surface area contributed by atoms with Gasteiger partial charge in [-0.15, -0.1) is 0 Å². The van der Waals surface area contributed by atoms with Gasteiger partial charge >= 0.3 is 6.03 Å². The summed E-state index contributed by atoms with van der Waals surface area (Å²) in [6.07, 6.45) is 6.79. The molecule has 242 valence electrons. The number of urea groups is 1. The molecule has 11 nitrogen and oxygen atoms in total. The number of amides is 3. The van der Waals surface area contributed by atoms with Crippen molar-refractivity contribution in [2.24, 2.45) is 5.73 Å². The van der Waals surface area contributed by atoms with Crippen LogP contribution in [0, 0.1) is 11.6 Å². The minimum absolute atomic E-state index is 0.0978. The number of nitrogens with two attached hydrogens (primary N) is 1. The summed E-state index contributed by atoms with van der Waals surface area (Å²) in [5.74, 6) is -1.71. The second-order valence-electron chi connectivity index (χ2n) is 11.2. The van der Waals surface area contributed by atoms with Crippen molar-refractivity contribution in [3.05, 3.63) is 77.5 Å². The van der Waals surface area contributed by atoms with Gasteiger partial charge in [0.05, 0.1) is 18.4 Å². The molecule has 1 aliphatic rings. The number of likely N-dealkylation sites (tertiary alicyclic amines) is 1. The largest absolute Gasteiger partial charge is 0.439 e. The molecule has 0 bridgehead atoms. The van der Waals surface area contributed by atoms with Crippen LogP contribution in [0.2, 0.25) is 0 Å². The first-order valence-electron chi connectivity index (χ1n) is 14.7. The molecule has 2 aromatic carbocycles. The van der Waals surface area contributed by atoms with Crippen molar-refractivity contribution in [1.82, 2.24) is 15.2 Å². The Hall–Kier alpha value is -4.30. The van der Waals surface area contributed by atoms with Crippen LogP contribution in [-0.4, -0.2) is 55.1 Å². The third-order valence-electron chi connectivity index (χ3n) is 7.38. The molecular formula is C31H38F2N6O5S. The van der Waals surface area contributed by atoms with Crippen molar-refractivity contribution in [1.29, 1.82) is 0 Å². The van der Waals surface area contributed by atoms with E-state index in [1.165, 1.54) is 0 Å². The average molecular weight is 645 g/mol. The van der Waals surface area contributed by atoms with E-state index < -0.39 is 40.0 Å². The van der Waals surface area contributed by atoms with Crippen molar-refractivity contribution in [3.8, 4) is 11.6 Å². The van der Waals surface area contributed by atoms with Gasteiger partial charge in [0, 0.05) is 49.2 Å². The lowest BCUT2D eigenvalue weighted by Gasteiger charge is -2.40. The van der Waals surface area contributed by atoms with E-state index in [0.717, 1.165) is 43.7 Å². The Balaban J connectivity index is 1.33. The second-order valence-corrected chi connectivity index (χ2v) is 12.9. The quantitative estimate of drug-likeness (QED) is 0.206. The van der Waals surface area contributed by atoms with Gasteiger partial charge in [-0.1, -0.05) is 25.8 Å². The van der Waals surface area contributed by atoms with Gasteiger partial charge in [-0.3, -0.25) is 14.4 Å². The Kier molecular flexibility index (Phi) is 11.3. The Morgan fingerprint density at radius 1 is 1.11 bits per heavy atom. The van der Waals surface area contributed by atoms with Gasteiger partial charge in [-0.25, -0.2) is 27.0 Å². The fourth-order valence-electron chi connectivity index (χ4n) is 5.26. The highest BCUT2D eigenvalue weighted by Crippen LogP contribution is 2.26. The van der Waals surface area contributed by atoms with E-state index in [-0.39, 0.29) is 23.3 Å². The van der Waals surface area contributed by atoms with E-state index in [4.69, 9.17) is 10.5 Å². The van der Waals surface area contributed by atoms with Gasteiger partial charge in [-0.05, 0) is 60.7 Å². The number of carbonyl (C=O) groups excluding carboxylic acids is 2. The number of nitrogens with one attached hydrogen (secondary N) is 3. The van der Waals surface area contributed by atoms with Crippen LogP contribution in [0.3, 0.4) is 0 Å². The molecule has 1 aromatic heterocycles. The number of benzene rings is 2. The van der Waals surface area contributed by atoms with Gasteiger partial charge in [0.25, 0.3) is 0 Å². The molecule has 1 saturated heterocycles. The first-order chi connectivity index (χ1) is 21.4. The van der Waals surface area contributed by atoms with Crippen LogP contribution in [0.25, 0.3) is 0 Å². The van der Waals surface area contributed by atoms with Crippen molar-refractivity contribution in [3.63, 3.8) is 0 Å². The van der Waals surface area contributed by atoms with Crippen molar-refractivity contribution < 1.29 is 31.5 Å². The van der Waals surface area contributed by atoms with Crippen LogP contribution >= 0.6 is 0 Å². The predicted octanol–water partition coefficient (Wildman–Crippen LogP) is 4.90. The summed E-state index contributed by atoms with van der Waals surface area (Å²) < 4.78 is 59.3. The minimum atomic E-state index is -3.37. The van der Waals surface area contributed by atoms with E-state index >= 15 is 0 Å². The monoisotopic (exact) mass is 644 g/mol. The molecule has 2 heterocycles. The van der Waals surface area contributed by atoms with Gasteiger partial charge in [0.1, 0.15) is 17.4 Å². The Morgan fingerprint density at radius 3 is 2.51 bits per heavy atom. The zero-order valence-corrected chi connectivity index (χ0v) is 26.0. The molecule has 3 aromatic rings. The molecule has 2 atom stereocenters. The summed E-state index contributed by atoms with van der Waals surface area (Å²) in [5.41, 5.74) is 6.24. The molecule has 14 heteroatoms. The maximum absolute atomic E-state index is 14.3. The number of aromatic nitrogens is 1. The summed E-state index contributed by atoms with van der Waals surface area (Å²) in [5, 5.41) is 5.35. The molecule has 0 aliphatic carbocycles. The normalized spacial score (nSPS) is 17.0. The number of ether oxygens (including phenoxy) is 1. The van der Waals surface area contributed by atoms with Crippen molar-refractivity contribution in [2.75, 3.05) is 22.8 Å². The molecule has 4 rings (SSSR count). The molecule has 0 spiro atoms. The predicted molar refractivity (Wildman–Crippen MR) is 167 cm³/mol. The fourth-order valence-corrected chi connectivity index (χ4v) is 5.83. The van der Waals surface area contributed by atoms with Crippen LogP contribution in [0.1, 0.15) is 50.2 Å². The first-order valence-corrected chi connectivity index (χ1v) is 16.6. The summed E-state index contributed by atoms with van der Waals surface area (Å²) in [4.78, 5) is 30.7. The number of primary amides is 1. The second kappa shape index (κ2) is 15.1. The number of anilines is 2. The lowest BCUT2D eigenvalue weighted by molar-refractivity contribution is -0.117. The average Bonchev–Trinajstić information content (AvgIpc) is 2.96. The topological polar surface area (TPSA) is 156 Å². The Bertz CT molecular complexity index is 1590. The molecule has 1 fully saturated rings. The maximum atomic E-state index is 14.3. The number of carbonyl (C=O) groups is 2. The SMILES string of the molecule is CCCCC1CC(NC(=O)Nc2cc(CC(N)=O)c(F)cc2F)CCN1Cc1ccc(Oc2ccc(NS(C)(=O)=O)cc2)nc1. The van der Waals surface area contributed by atoms with Crippen LogP contribution < -0.4 is 25.8 Å². The van der Waals surface area contributed by atoms with Gasteiger partial charge < -0.3 is 21.1 Å². The van der Waals surface area contributed by atoms with Gasteiger partial charge in [0.2, 0.25) is 21.8 Å². The van der Waals surface area contributed by atoms with Crippen LogP contribution in [0.4, 0.5) is 25.0 Å². The zero-order chi connectivity index (χ0) is 32.6. The molecule has 0 radical (unpaired) electrons. The number of pyridine rings is 1. The molecule has 3 amide bonds. The van der Waals surface area contributed by atoms with E-state index in [2.05, 4.69) is 32.2 Å². The number of piperidine rings is 1. The highest BCUT2D eigenvalue weighted by Gasteiger charge is 2.29. The standard InChI is InChI=1S/C31H38F2N6O5S/c1-3-4-5-24-16-23(36-31(41)37-28-14-21(15-29(34)40)26(32)17-27(28)33)12-13-39(24)19-20-6-11-30(35-18-20)44-25-9-7-22(8-10-25)38-45(2,42)43/h6-11,14,17-18,23-24,38H,3-5,12-13,15-16,19H2,1-2H3,(H2,34,40)(H2,36,37,41). The third kappa shape index (κ3) is 10.4. The molecule has 0 saturated carbocycles. The third-order valence-corrected chi connectivity index (χ3v) is 7.98.